The van der Waals surface area contributed by atoms with E-state index in [0.717, 1.165) is 18.4 Å². The van der Waals surface area contributed by atoms with Gasteiger partial charge in [-0.15, -0.1) is 0 Å². The second-order valence-electron chi connectivity index (χ2n) is 8.26. The molecule has 2 aromatic carbocycles. The zero-order valence-electron chi connectivity index (χ0n) is 18.7. The highest BCUT2D eigenvalue weighted by molar-refractivity contribution is 7.89. The fraction of sp³-hybridized carbons (Fsp3) is 0.417. The van der Waals surface area contributed by atoms with E-state index >= 15 is 0 Å². The van der Waals surface area contributed by atoms with Crippen LogP contribution in [0.5, 0.6) is 11.5 Å². The number of sulfonamides is 1. The zero-order chi connectivity index (χ0) is 24.0. The van der Waals surface area contributed by atoms with E-state index in [1.165, 1.54) is 12.1 Å². The maximum atomic E-state index is 12.5. The molecule has 9 nitrogen and oxygen atoms in total. The Morgan fingerprint density at radius 3 is 2.50 bits per heavy atom. The molecule has 34 heavy (non-hydrogen) atoms. The molecule has 0 bridgehead atoms. The summed E-state index contributed by atoms with van der Waals surface area (Å²) >= 11 is 0. The highest BCUT2D eigenvalue weighted by atomic mass is 32.2. The molecular formula is C24H28N2O7S. The molecule has 1 saturated carbocycles. The molecular weight excluding hydrogens is 460 g/mol. The first-order valence-electron chi connectivity index (χ1n) is 11.3. The predicted octanol–water partition coefficient (Wildman–Crippen LogP) is 2.33. The fourth-order valence-electron chi connectivity index (χ4n) is 3.71. The van der Waals surface area contributed by atoms with Gasteiger partial charge in [0, 0.05) is 19.0 Å². The Bertz CT molecular complexity index is 1120. The van der Waals surface area contributed by atoms with Gasteiger partial charge in [-0.1, -0.05) is 30.3 Å². The predicted molar refractivity (Wildman–Crippen MR) is 123 cm³/mol. The van der Waals surface area contributed by atoms with Gasteiger partial charge in [-0.05, 0) is 42.9 Å². The number of carbonyl (C=O) groups is 2. The highest BCUT2D eigenvalue weighted by Gasteiger charge is 2.33. The lowest BCUT2D eigenvalue weighted by atomic mass is 10.0. The maximum absolute atomic E-state index is 12.5. The number of nitrogens with one attached hydrogen (secondary N) is 2. The number of carbonyl (C=O) groups excluding carboxylic acids is 2. The van der Waals surface area contributed by atoms with Gasteiger partial charge >= 0.3 is 5.97 Å². The van der Waals surface area contributed by atoms with E-state index in [4.69, 9.17) is 14.2 Å². The van der Waals surface area contributed by atoms with Crippen LogP contribution in [0.1, 0.15) is 37.3 Å². The quantitative estimate of drug-likeness (QED) is 0.368. The third kappa shape index (κ3) is 6.48. The molecule has 1 aliphatic heterocycles. The van der Waals surface area contributed by atoms with E-state index in [2.05, 4.69) is 10.0 Å². The Morgan fingerprint density at radius 2 is 1.76 bits per heavy atom. The van der Waals surface area contributed by atoms with Crippen molar-refractivity contribution in [2.75, 3.05) is 26.4 Å². The lowest BCUT2D eigenvalue weighted by Gasteiger charge is -2.19. The highest BCUT2D eigenvalue weighted by Crippen LogP contribution is 2.40. The number of fused-ring (bicyclic) bond motifs is 1. The van der Waals surface area contributed by atoms with Crippen LogP contribution in [0.25, 0.3) is 0 Å². The number of benzene rings is 2. The molecule has 0 aromatic heterocycles. The molecule has 0 radical (unpaired) electrons. The summed E-state index contributed by atoms with van der Waals surface area (Å²) in [5.41, 5.74) is 1.04. The summed E-state index contributed by atoms with van der Waals surface area (Å²) in [6.45, 7) is 0.467. The summed E-state index contributed by atoms with van der Waals surface area (Å²) in [5.74, 6) is 0.380. The van der Waals surface area contributed by atoms with Gasteiger partial charge in [0.2, 0.25) is 10.0 Å². The van der Waals surface area contributed by atoms with E-state index < -0.39 is 16.0 Å². The van der Waals surface area contributed by atoms with Crippen LogP contribution in [0.15, 0.2) is 53.4 Å². The molecule has 0 spiro atoms. The number of esters is 1. The number of hydrogen-bond donors (Lipinski definition) is 2. The Balaban J connectivity index is 1.17. The Morgan fingerprint density at radius 1 is 1.03 bits per heavy atom. The number of amides is 1. The summed E-state index contributed by atoms with van der Waals surface area (Å²) < 4.78 is 43.3. The monoisotopic (exact) mass is 488 g/mol. The summed E-state index contributed by atoms with van der Waals surface area (Å²) in [6, 6.07) is 14.0. The molecule has 1 heterocycles. The largest absolute Gasteiger partial charge is 0.486 e. The lowest BCUT2D eigenvalue weighted by molar-refractivity contribution is -0.148. The number of hydrogen-bond acceptors (Lipinski definition) is 7. The molecule has 1 fully saturated rings. The van der Waals surface area contributed by atoms with Crippen molar-refractivity contribution in [2.45, 2.75) is 36.6 Å². The summed E-state index contributed by atoms with van der Waals surface area (Å²) in [5, 5.41) is 2.95. The SMILES string of the molecule is O=C(COC(=O)CCCNS(=O)(=O)c1ccc2c(c1)OCCO2)NC(c1ccccc1)C1CC1. The second kappa shape index (κ2) is 10.9. The Hall–Kier alpha value is -3.11. The Kier molecular flexibility index (Phi) is 7.69. The smallest absolute Gasteiger partial charge is 0.306 e. The summed E-state index contributed by atoms with van der Waals surface area (Å²) in [6.07, 6.45) is 2.34. The van der Waals surface area contributed by atoms with Crippen LogP contribution in [0.2, 0.25) is 0 Å². The van der Waals surface area contributed by atoms with Crippen LogP contribution in [0.4, 0.5) is 0 Å². The van der Waals surface area contributed by atoms with Crippen LogP contribution < -0.4 is 19.5 Å². The van der Waals surface area contributed by atoms with Gasteiger partial charge in [0.05, 0.1) is 10.9 Å². The van der Waals surface area contributed by atoms with Gasteiger partial charge in [0.25, 0.3) is 5.91 Å². The molecule has 2 N–H and O–H groups in total. The molecule has 4 rings (SSSR count). The third-order valence-corrected chi connectivity index (χ3v) is 7.07. The normalized spacial score (nSPS) is 15.9. The van der Waals surface area contributed by atoms with Gasteiger partial charge in [-0.3, -0.25) is 9.59 Å². The van der Waals surface area contributed by atoms with Crippen molar-refractivity contribution in [1.29, 1.82) is 0 Å². The first-order valence-corrected chi connectivity index (χ1v) is 12.8. The van der Waals surface area contributed by atoms with Gasteiger partial charge < -0.3 is 19.5 Å². The van der Waals surface area contributed by atoms with Crippen molar-refractivity contribution >= 4 is 21.9 Å². The number of rotatable bonds is 11. The average Bonchev–Trinajstić information content (AvgIpc) is 3.69. The molecule has 2 aliphatic rings. The Labute approximate surface area is 198 Å². The van der Waals surface area contributed by atoms with Crippen LogP contribution in [0, 0.1) is 5.92 Å². The van der Waals surface area contributed by atoms with Crippen LogP contribution in [-0.2, 0) is 24.3 Å². The molecule has 1 aliphatic carbocycles. The van der Waals surface area contributed by atoms with E-state index in [0.29, 0.717) is 30.6 Å². The van der Waals surface area contributed by atoms with Gasteiger partial charge in [-0.2, -0.15) is 0 Å². The minimum absolute atomic E-state index is 0.0122. The van der Waals surface area contributed by atoms with E-state index in [1.54, 1.807) is 6.07 Å². The van der Waals surface area contributed by atoms with Crippen molar-refractivity contribution in [3.63, 3.8) is 0 Å². The van der Waals surface area contributed by atoms with Crippen molar-refractivity contribution in [2.24, 2.45) is 5.92 Å². The summed E-state index contributed by atoms with van der Waals surface area (Å²) in [7, 11) is -3.76. The first-order chi connectivity index (χ1) is 16.4. The maximum Gasteiger partial charge on any atom is 0.306 e. The molecule has 10 heteroatoms. The summed E-state index contributed by atoms with van der Waals surface area (Å²) in [4.78, 5) is 24.3. The van der Waals surface area contributed by atoms with E-state index in [-0.39, 0.29) is 42.8 Å². The third-order valence-electron chi connectivity index (χ3n) is 5.61. The topological polar surface area (TPSA) is 120 Å². The van der Waals surface area contributed by atoms with Crippen LogP contribution in [0.3, 0.4) is 0 Å². The molecule has 2 aromatic rings. The van der Waals surface area contributed by atoms with E-state index in [9.17, 15) is 18.0 Å². The van der Waals surface area contributed by atoms with Gasteiger partial charge in [0.15, 0.2) is 18.1 Å². The fourth-order valence-corrected chi connectivity index (χ4v) is 4.80. The molecule has 1 amide bonds. The van der Waals surface area contributed by atoms with E-state index in [1.807, 2.05) is 30.3 Å². The minimum atomic E-state index is -3.76. The standard InChI is InChI=1S/C24H28N2O7S/c27-22(26-24(18-8-9-18)17-5-2-1-3-6-17)16-33-23(28)7-4-12-25-34(29,30)19-10-11-20-21(15-19)32-14-13-31-20/h1-3,5-6,10-11,15,18,24-25H,4,7-9,12-14,16H2,(H,26,27). The van der Waals surface area contributed by atoms with Crippen molar-refractivity contribution in [3.8, 4) is 11.5 Å². The molecule has 1 unspecified atom stereocenters. The molecule has 0 saturated heterocycles. The lowest BCUT2D eigenvalue weighted by Crippen LogP contribution is -2.33. The van der Waals surface area contributed by atoms with Crippen LogP contribution >= 0.6 is 0 Å². The second-order valence-corrected chi connectivity index (χ2v) is 10.0. The van der Waals surface area contributed by atoms with Gasteiger partial charge in [0.1, 0.15) is 13.2 Å². The minimum Gasteiger partial charge on any atom is -0.486 e. The molecule has 182 valence electrons. The molecule has 1 atom stereocenters. The van der Waals surface area contributed by atoms with Gasteiger partial charge in [-0.25, -0.2) is 13.1 Å². The van der Waals surface area contributed by atoms with Crippen molar-refractivity contribution in [3.05, 3.63) is 54.1 Å². The van der Waals surface area contributed by atoms with Crippen molar-refractivity contribution in [1.82, 2.24) is 10.0 Å². The first kappa shape index (κ1) is 24.0. The number of ether oxygens (including phenoxy) is 3. The zero-order valence-corrected chi connectivity index (χ0v) is 19.5. The van der Waals surface area contributed by atoms with Crippen molar-refractivity contribution < 1.29 is 32.2 Å². The van der Waals surface area contributed by atoms with Crippen LogP contribution in [-0.4, -0.2) is 46.7 Å². The average molecular weight is 489 g/mol.